The van der Waals surface area contributed by atoms with E-state index >= 15 is 0 Å². The van der Waals surface area contributed by atoms with Crippen LogP contribution in [-0.2, 0) is 12.8 Å². The molecule has 0 N–H and O–H groups in total. The molecule has 0 bridgehead atoms. The van der Waals surface area contributed by atoms with Crippen molar-refractivity contribution < 1.29 is 0 Å². The van der Waals surface area contributed by atoms with Crippen molar-refractivity contribution in [2.45, 2.75) is 52.1 Å². The summed E-state index contributed by atoms with van der Waals surface area (Å²) in [6, 6.07) is 9.80. The predicted octanol–water partition coefficient (Wildman–Crippen LogP) is 5.36. The van der Waals surface area contributed by atoms with Gasteiger partial charge in [-0.1, -0.05) is 57.7 Å². The number of fused-ring (bicyclic) bond motifs is 5. The fourth-order valence-corrected chi connectivity index (χ4v) is 6.64. The molecule has 0 saturated heterocycles. The summed E-state index contributed by atoms with van der Waals surface area (Å²) in [6.07, 6.45) is 3.14. The van der Waals surface area contributed by atoms with E-state index in [0.717, 1.165) is 46.1 Å². The molecule has 1 atom stereocenters. The summed E-state index contributed by atoms with van der Waals surface area (Å²) in [5.41, 5.74) is 2.37. The van der Waals surface area contributed by atoms with Crippen LogP contribution in [-0.4, -0.2) is 24.9 Å². The number of thiophene rings is 1. The number of aromatic nitrogens is 4. The minimum absolute atomic E-state index is 0.0239. The molecule has 4 aromatic rings. The summed E-state index contributed by atoms with van der Waals surface area (Å²) in [6.45, 7) is 9.09. The fraction of sp³-hybridized carbons (Fsp3) is 0.435. The van der Waals surface area contributed by atoms with Crippen LogP contribution in [0.15, 0.2) is 40.3 Å². The molecule has 1 aromatic carbocycles. The normalized spacial score (nSPS) is 17.0. The summed E-state index contributed by atoms with van der Waals surface area (Å²) in [4.78, 5) is 16.2. The Morgan fingerprint density at radius 1 is 1.20 bits per heavy atom. The van der Waals surface area contributed by atoms with Crippen LogP contribution in [0.5, 0.6) is 0 Å². The number of para-hydroxylation sites is 1. The number of hydrogen-bond acceptors (Lipinski definition) is 5. The number of nitrogens with zero attached hydrogens (tertiary/aromatic N) is 4. The average molecular weight is 439 g/mol. The van der Waals surface area contributed by atoms with E-state index in [-0.39, 0.29) is 11.0 Å². The van der Waals surface area contributed by atoms with Crippen LogP contribution >= 0.6 is 23.1 Å². The third-order valence-corrected chi connectivity index (χ3v) is 8.25. The van der Waals surface area contributed by atoms with Crippen molar-refractivity contribution in [1.29, 1.82) is 0 Å². The Kier molecular flexibility index (Phi) is 4.78. The Balaban J connectivity index is 1.85. The smallest absolute Gasteiger partial charge is 0.268 e. The number of aryl methyl sites for hydroxylation is 1. The highest BCUT2D eigenvalue weighted by atomic mass is 32.2. The molecule has 3 heterocycles. The van der Waals surface area contributed by atoms with Crippen LogP contribution in [0.1, 0.15) is 44.6 Å². The number of thioether (sulfide) groups is 1. The van der Waals surface area contributed by atoms with E-state index in [2.05, 4.69) is 42.3 Å². The van der Waals surface area contributed by atoms with Gasteiger partial charge in [0.2, 0.25) is 5.78 Å². The largest absolute Gasteiger partial charge is 0.268 e. The first-order valence-corrected chi connectivity index (χ1v) is 12.3. The zero-order valence-electron chi connectivity index (χ0n) is 17.8. The maximum Gasteiger partial charge on any atom is 0.268 e. The summed E-state index contributed by atoms with van der Waals surface area (Å²) in [5.74, 6) is 2.14. The zero-order chi connectivity index (χ0) is 21.0. The van der Waals surface area contributed by atoms with E-state index in [1.807, 2.05) is 30.3 Å². The van der Waals surface area contributed by atoms with E-state index in [1.54, 1.807) is 27.7 Å². The fourth-order valence-electron chi connectivity index (χ4n) is 4.51. The highest BCUT2D eigenvalue weighted by Crippen LogP contribution is 2.43. The van der Waals surface area contributed by atoms with Crippen LogP contribution < -0.4 is 5.56 Å². The van der Waals surface area contributed by atoms with Crippen molar-refractivity contribution in [3.63, 3.8) is 0 Å². The maximum atomic E-state index is 13.8. The van der Waals surface area contributed by atoms with Gasteiger partial charge in [-0.3, -0.25) is 4.79 Å². The Bertz CT molecular complexity index is 1290. The van der Waals surface area contributed by atoms with Crippen LogP contribution in [0.4, 0.5) is 0 Å². The van der Waals surface area contributed by atoms with Crippen LogP contribution in [0.2, 0.25) is 0 Å². The van der Waals surface area contributed by atoms with E-state index in [1.165, 1.54) is 10.4 Å². The lowest BCUT2D eigenvalue weighted by Crippen LogP contribution is -2.27. The highest BCUT2D eigenvalue weighted by molar-refractivity contribution is 7.99. The first kappa shape index (κ1) is 19.8. The number of hydrogen-bond donors (Lipinski definition) is 0. The molecule has 0 fully saturated rings. The lowest BCUT2D eigenvalue weighted by Gasteiger charge is -2.33. The molecular weight excluding hydrogens is 412 g/mol. The minimum Gasteiger partial charge on any atom is -0.268 e. The topological polar surface area (TPSA) is 52.2 Å². The second-order valence-corrected chi connectivity index (χ2v) is 11.3. The molecule has 156 valence electrons. The molecule has 0 amide bonds. The lowest BCUT2D eigenvalue weighted by atomic mass is 9.72. The third-order valence-electron chi connectivity index (χ3n) is 6.20. The van der Waals surface area contributed by atoms with Gasteiger partial charge in [0, 0.05) is 4.88 Å². The number of rotatable bonds is 3. The van der Waals surface area contributed by atoms with Gasteiger partial charge in [0.05, 0.1) is 11.1 Å². The molecule has 1 aliphatic rings. The summed E-state index contributed by atoms with van der Waals surface area (Å²) >= 11 is 3.44. The van der Waals surface area contributed by atoms with E-state index in [9.17, 15) is 4.79 Å². The molecule has 5 rings (SSSR count). The van der Waals surface area contributed by atoms with Gasteiger partial charge in [-0.15, -0.1) is 21.5 Å². The van der Waals surface area contributed by atoms with Crippen LogP contribution in [0, 0.1) is 11.3 Å². The van der Waals surface area contributed by atoms with E-state index in [0.29, 0.717) is 11.7 Å². The second-order valence-electron chi connectivity index (χ2n) is 9.02. The van der Waals surface area contributed by atoms with Crippen molar-refractivity contribution in [3.8, 4) is 5.69 Å². The molecule has 0 unspecified atom stereocenters. The van der Waals surface area contributed by atoms with Gasteiger partial charge < -0.3 is 0 Å². The van der Waals surface area contributed by atoms with E-state index < -0.39 is 0 Å². The monoisotopic (exact) mass is 438 g/mol. The van der Waals surface area contributed by atoms with Gasteiger partial charge in [-0.05, 0) is 54.0 Å². The van der Waals surface area contributed by atoms with Crippen molar-refractivity contribution in [3.05, 3.63) is 51.1 Å². The van der Waals surface area contributed by atoms with Crippen molar-refractivity contribution in [2.75, 3.05) is 5.75 Å². The molecule has 0 saturated carbocycles. The number of benzene rings is 1. The molecule has 0 radical (unpaired) electrons. The Labute approximate surface area is 184 Å². The van der Waals surface area contributed by atoms with Gasteiger partial charge in [0.1, 0.15) is 4.83 Å². The third kappa shape index (κ3) is 3.02. The molecule has 1 aliphatic carbocycles. The molecule has 30 heavy (non-hydrogen) atoms. The SMILES string of the molecule is CCSc1nnc2n(-c3ccccc3)c(=O)c3c4c(sc3n12)C[C@H](C(C)(C)C)CC4. The zero-order valence-corrected chi connectivity index (χ0v) is 19.4. The maximum absolute atomic E-state index is 13.8. The van der Waals surface area contributed by atoms with Crippen molar-refractivity contribution in [1.82, 2.24) is 19.2 Å². The second kappa shape index (κ2) is 7.24. The minimum atomic E-state index is 0.0239. The van der Waals surface area contributed by atoms with Gasteiger partial charge in [0.15, 0.2) is 5.16 Å². The molecular formula is C23H26N4OS2. The first-order valence-electron chi connectivity index (χ1n) is 10.5. The highest BCUT2D eigenvalue weighted by Gasteiger charge is 2.33. The molecule has 5 nitrogen and oxygen atoms in total. The molecule has 0 spiro atoms. The molecule has 0 aliphatic heterocycles. The van der Waals surface area contributed by atoms with Gasteiger partial charge in [0.25, 0.3) is 5.56 Å². The van der Waals surface area contributed by atoms with Gasteiger partial charge in [-0.2, -0.15) is 0 Å². The molecule has 7 heteroatoms. The quantitative estimate of drug-likeness (QED) is 0.404. The van der Waals surface area contributed by atoms with Crippen LogP contribution in [0.25, 0.3) is 21.7 Å². The standard InChI is InChI=1S/C23H26N4OS2/c1-5-29-22-25-24-21-26(15-9-7-6-8-10-15)19(28)18-16-12-11-14(23(2,3)4)13-17(16)30-20(18)27(21)22/h6-10,14H,5,11-13H2,1-4H3/t14-/m1/s1. The van der Waals surface area contributed by atoms with Crippen molar-refractivity contribution in [2.24, 2.45) is 11.3 Å². The lowest BCUT2D eigenvalue weighted by molar-refractivity contribution is 0.218. The van der Waals surface area contributed by atoms with E-state index in [4.69, 9.17) is 0 Å². The first-order chi connectivity index (χ1) is 14.4. The Morgan fingerprint density at radius 3 is 2.67 bits per heavy atom. The Morgan fingerprint density at radius 2 is 1.97 bits per heavy atom. The summed E-state index contributed by atoms with van der Waals surface area (Å²) in [7, 11) is 0. The molecule has 3 aromatic heterocycles. The Hall–Kier alpha value is -2.12. The average Bonchev–Trinajstić information content (AvgIpc) is 3.29. The summed E-state index contributed by atoms with van der Waals surface area (Å²) < 4.78 is 3.84. The van der Waals surface area contributed by atoms with Crippen LogP contribution in [0.3, 0.4) is 0 Å². The van der Waals surface area contributed by atoms with Crippen molar-refractivity contribution >= 4 is 39.1 Å². The summed E-state index contributed by atoms with van der Waals surface area (Å²) in [5, 5.41) is 10.6. The van der Waals surface area contributed by atoms with Gasteiger partial charge >= 0.3 is 0 Å². The predicted molar refractivity (Wildman–Crippen MR) is 125 cm³/mol. The van der Waals surface area contributed by atoms with Gasteiger partial charge in [-0.25, -0.2) is 8.97 Å².